The van der Waals surface area contributed by atoms with E-state index >= 15 is 0 Å². The number of aliphatic hydroxyl groups is 1. The van der Waals surface area contributed by atoms with E-state index in [1.807, 2.05) is 4.90 Å². The molecule has 2 N–H and O–H groups in total. The molecule has 0 spiro atoms. The Labute approximate surface area is 101 Å². The minimum atomic E-state index is -0.448. The van der Waals surface area contributed by atoms with Gasteiger partial charge in [0.05, 0.1) is 19.7 Å². The molecule has 0 saturated carbocycles. The van der Waals surface area contributed by atoms with Crippen molar-refractivity contribution in [3.63, 3.8) is 0 Å². The quantitative estimate of drug-likeness (QED) is 0.673. The maximum absolute atomic E-state index is 11.1. The Morgan fingerprint density at radius 1 is 1.65 bits per heavy atom. The molecule has 1 aliphatic rings. The summed E-state index contributed by atoms with van der Waals surface area (Å²) in [5.74, 6) is 0.309. The van der Waals surface area contributed by atoms with Gasteiger partial charge in [0.15, 0.2) is 0 Å². The van der Waals surface area contributed by atoms with Crippen molar-refractivity contribution in [3.8, 4) is 6.07 Å². The molecule has 0 aromatic heterocycles. The SMILES string of the molecule is COC(=O)NC1CC(CCO)CN(CC#N)C1. The molecule has 2 atom stereocenters. The molecular formula is C11H19N3O3. The van der Waals surface area contributed by atoms with E-state index in [2.05, 4.69) is 16.1 Å². The summed E-state index contributed by atoms with van der Waals surface area (Å²) in [4.78, 5) is 13.1. The summed E-state index contributed by atoms with van der Waals surface area (Å²) in [5.41, 5.74) is 0. The molecule has 0 aliphatic carbocycles. The second-order valence-electron chi connectivity index (χ2n) is 4.30. The molecule has 6 heteroatoms. The lowest BCUT2D eigenvalue weighted by Crippen LogP contribution is -2.51. The van der Waals surface area contributed by atoms with Crippen LogP contribution in [-0.4, -0.2) is 55.5 Å². The first-order chi connectivity index (χ1) is 8.19. The van der Waals surface area contributed by atoms with Gasteiger partial charge in [-0.1, -0.05) is 0 Å². The number of nitriles is 1. The van der Waals surface area contributed by atoms with E-state index in [4.69, 9.17) is 10.4 Å². The van der Waals surface area contributed by atoms with E-state index in [0.29, 0.717) is 25.4 Å². The fourth-order valence-electron chi connectivity index (χ4n) is 2.25. The van der Waals surface area contributed by atoms with Gasteiger partial charge in [-0.15, -0.1) is 0 Å². The Balaban J connectivity index is 2.52. The standard InChI is InChI=1S/C11H19N3O3/c1-17-11(16)13-10-6-9(2-5-15)7-14(8-10)4-3-12/h9-10,15H,2,4-8H2,1H3,(H,13,16). The van der Waals surface area contributed by atoms with E-state index in [-0.39, 0.29) is 12.6 Å². The summed E-state index contributed by atoms with van der Waals surface area (Å²) in [6, 6.07) is 2.09. The smallest absolute Gasteiger partial charge is 0.407 e. The van der Waals surface area contributed by atoms with Crippen LogP contribution in [0.4, 0.5) is 4.79 Å². The molecule has 0 aromatic rings. The van der Waals surface area contributed by atoms with Crippen LogP contribution in [0.1, 0.15) is 12.8 Å². The van der Waals surface area contributed by atoms with E-state index in [1.54, 1.807) is 0 Å². The van der Waals surface area contributed by atoms with Crippen molar-refractivity contribution in [1.82, 2.24) is 10.2 Å². The van der Waals surface area contributed by atoms with Gasteiger partial charge in [-0.05, 0) is 18.8 Å². The number of carbonyl (C=O) groups excluding carboxylic acids is 1. The molecule has 0 bridgehead atoms. The lowest BCUT2D eigenvalue weighted by molar-refractivity contribution is 0.120. The second kappa shape index (κ2) is 7.09. The lowest BCUT2D eigenvalue weighted by atomic mass is 9.92. The van der Waals surface area contributed by atoms with Crippen LogP contribution in [0.3, 0.4) is 0 Å². The Kier molecular flexibility index (Phi) is 5.73. The molecule has 17 heavy (non-hydrogen) atoms. The van der Waals surface area contributed by atoms with E-state index < -0.39 is 6.09 Å². The number of amides is 1. The van der Waals surface area contributed by atoms with Crippen molar-refractivity contribution in [2.24, 2.45) is 5.92 Å². The zero-order chi connectivity index (χ0) is 12.7. The van der Waals surface area contributed by atoms with Crippen LogP contribution >= 0.6 is 0 Å². The molecule has 1 aliphatic heterocycles. The van der Waals surface area contributed by atoms with Crippen LogP contribution in [0.25, 0.3) is 0 Å². The monoisotopic (exact) mass is 241 g/mol. The van der Waals surface area contributed by atoms with Crippen molar-refractivity contribution >= 4 is 6.09 Å². The fraction of sp³-hybridized carbons (Fsp3) is 0.818. The normalized spacial score (nSPS) is 25.0. The zero-order valence-electron chi connectivity index (χ0n) is 10.1. The van der Waals surface area contributed by atoms with E-state index in [9.17, 15) is 4.79 Å². The summed E-state index contributed by atoms with van der Waals surface area (Å²) in [6.45, 7) is 1.94. The highest BCUT2D eigenvalue weighted by Gasteiger charge is 2.27. The van der Waals surface area contributed by atoms with E-state index in [0.717, 1.165) is 13.0 Å². The third-order valence-electron chi connectivity index (χ3n) is 2.95. The maximum Gasteiger partial charge on any atom is 0.407 e. The van der Waals surface area contributed by atoms with Crippen molar-refractivity contribution in [1.29, 1.82) is 5.26 Å². The van der Waals surface area contributed by atoms with Gasteiger partial charge in [-0.3, -0.25) is 4.90 Å². The third-order valence-corrected chi connectivity index (χ3v) is 2.95. The van der Waals surface area contributed by atoms with Gasteiger partial charge in [-0.25, -0.2) is 4.79 Å². The van der Waals surface area contributed by atoms with Gasteiger partial charge in [0.2, 0.25) is 0 Å². The van der Waals surface area contributed by atoms with Gasteiger partial charge in [0.25, 0.3) is 0 Å². The topological polar surface area (TPSA) is 85.6 Å². The highest BCUT2D eigenvalue weighted by molar-refractivity contribution is 5.67. The predicted molar refractivity (Wildman–Crippen MR) is 61.2 cm³/mol. The number of nitrogens with one attached hydrogen (secondary N) is 1. The number of nitrogens with zero attached hydrogens (tertiary/aromatic N) is 2. The summed E-state index contributed by atoms with van der Waals surface area (Å²) < 4.78 is 4.56. The largest absolute Gasteiger partial charge is 0.453 e. The third kappa shape index (κ3) is 4.59. The minimum absolute atomic E-state index is 0.0129. The first kappa shape index (κ1) is 13.7. The van der Waals surface area contributed by atoms with E-state index in [1.165, 1.54) is 7.11 Å². The van der Waals surface area contributed by atoms with Gasteiger partial charge in [-0.2, -0.15) is 5.26 Å². The number of aliphatic hydroxyl groups excluding tert-OH is 1. The lowest BCUT2D eigenvalue weighted by Gasteiger charge is -2.36. The van der Waals surface area contributed by atoms with Gasteiger partial charge in [0, 0.05) is 25.7 Å². The number of hydrogen-bond donors (Lipinski definition) is 2. The molecule has 0 radical (unpaired) electrons. The first-order valence-corrected chi connectivity index (χ1v) is 5.74. The van der Waals surface area contributed by atoms with Crippen molar-refractivity contribution in [3.05, 3.63) is 0 Å². The predicted octanol–water partition coefficient (Wildman–Crippen LogP) is -0.0611. The zero-order valence-corrected chi connectivity index (χ0v) is 10.1. The summed E-state index contributed by atoms with van der Waals surface area (Å²) >= 11 is 0. The van der Waals surface area contributed by atoms with Crippen molar-refractivity contribution < 1.29 is 14.6 Å². The fourth-order valence-corrected chi connectivity index (χ4v) is 2.25. The average molecular weight is 241 g/mol. The van der Waals surface area contributed by atoms with Crippen LogP contribution in [0.2, 0.25) is 0 Å². The second-order valence-corrected chi connectivity index (χ2v) is 4.30. The minimum Gasteiger partial charge on any atom is -0.453 e. The Morgan fingerprint density at radius 2 is 2.41 bits per heavy atom. The van der Waals surface area contributed by atoms with Gasteiger partial charge < -0.3 is 15.2 Å². The maximum atomic E-state index is 11.1. The summed E-state index contributed by atoms with van der Waals surface area (Å²) in [5, 5.41) is 20.4. The molecule has 1 amide bonds. The number of piperidine rings is 1. The van der Waals surface area contributed by atoms with Crippen LogP contribution in [0.5, 0.6) is 0 Å². The Bertz CT molecular complexity index is 290. The highest BCUT2D eigenvalue weighted by Crippen LogP contribution is 2.19. The molecule has 96 valence electrons. The number of rotatable bonds is 4. The molecule has 6 nitrogen and oxygen atoms in total. The molecule has 1 saturated heterocycles. The molecule has 1 fully saturated rings. The summed E-state index contributed by atoms with van der Waals surface area (Å²) in [6.07, 6.45) is 1.07. The van der Waals surface area contributed by atoms with Crippen LogP contribution in [0.15, 0.2) is 0 Å². The Morgan fingerprint density at radius 3 is 3.00 bits per heavy atom. The van der Waals surface area contributed by atoms with Crippen LogP contribution in [-0.2, 0) is 4.74 Å². The highest BCUT2D eigenvalue weighted by atomic mass is 16.5. The molecule has 1 rings (SSSR count). The average Bonchev–Trinajstić information content (AvgIpc) is 2.29. The Hall–Kier alpha value is -1.32. The van der Waals surface area contributed by atoms with Crippen LogP contribution in [0, 0.1) is 17.2 Å². The number of carbonyl (C=O) groups is 1. The number of likely N-dealkylation sites (tertiary alicyclic amines) is 1. The number of hydrogen-bond acceptors (Lipinski definition) is 5. The molecule has 2 unspecified atom stereocenters. The van der Waals surface area contributed by atoms with Crippen molar-refractivity contribution in [2.45, 2.75) is 18.9 Å². The molecule has 1 heterocycles. The van der Waals surface area contributed by atoms with Gasteiger partial charge in [0.1, 0.15) is 0 Å². The summed E-state index contributed by atoms with van der Waals surface area (Å²) in [7, 11) is 1.33. The van der Waals surface area contributed by atoms with Gasteiger partial charge >= 0.3 is 6.09 Å². The first-order valence-electron chi connectivity index (χ1n) is 5.74. The number of alkyl carbamates (subject to hydrolysis) is 1. The number of ether oxygens (including phenoxy) is 1. The molecule has 0 aromatic carbocycles. The van der Waals surface area contributed by atoms with Crippen molar-refractivity contribution in [2.75, 3.05) is 33.4 Å². The molecular weight excluding hydrogens is 222 g/mol. The van der Waals surface area contributed by atoms with Crippen LogP contribution < -0.4 is 5.32 Å². The number of methoxy groups -OCH3 is 1.